The van der Waals surface area contributed by atoms with Gasteiger partial charge in [-0.3, -0.25) is 4.79 Å². The molecule has 1 amide bonds. The molecule has 0 atom stereocenters. The first-order chi connectivity index (χ1) is 8.22. The van der Waals surface area contributed by atoms with Gasteiger partial charge in [0.1, 0.15) is 0 Å². The van der Waals surface area contributed by atoms with E-state index in [-0.39, 0.29) is 5.91 Å². The van der Waals surface area contributed by atoms with E-state index in [4.69, 9.17) is 11.6 Å². The van der Waals surface area contributed by atoms with Gasteiger partial charge in [-0.1, -0.05) is 43.5 Å². The molecule has 17 heavy (non-hydrogen) atoms. The molecule has 1 N–H and O–H groups in total. The number of unbranched alkanes of at least 4 members (excludes halogenated alkanes) is 2. The number of rotatable bonds is 7. The smallest absolute Gasteiger partial charge is 0.220 e. The van der Waals surface area contributed by atoms with Gasteiger partial charge in [0.25, 0.3) is 0 Å². The van der Waals surface area contributed by atoms with E-state index >= 15 is 0 Å². The maximum absolute atomic E-state index is 11.5. The van der Waals surface area contributed by atoms with Crippen LogP contribution in [0.25, 0.3) is 0 Å². The third-order valence-corrected chi connectivity index (χ3v) is 2.87. The quantitative estimate of drug-likeness (QED) is 0.740. The lowest BCUT2D eigenvalue weighted by Gasteiger charge is -2.05. The number of hydrogen-bond donors (Lipinski definition) is 1. The zero-order valence-electron chi connectivity index (χ0n) is 10.3. The first-order valence-corrected chi connectivity index (χ1v) is 6.61. The minimum Gasteiger partial charge on any atom is -0.356 e. The maximum atomic E-state index is 11.5. The molecule has 94 valence electrons. The normalized spacial score (nSPS) is 10.2. The molecule has 0 aliphatic rings. The van der Waals surface area contributed by atoms with E-state index in [9.17, 15) is 4.79 Å². The van der Waals surface area contributed by atoms with Crippen LogP contribution in [0.4, 0.5) is 0 Å². The van der Waals surface area contributed by atoms with E-state index in [0.717, 1.165) is 30.0 Å². The molecule has 0 aliphatic carbocycles. The Balaban J connectivity index is 2.19. The van der Waals surface area contributed by atoms with Crippen molar-refractivity contribution in [1.82, 2.24) is 5.32 Å². The lowest BCUT2D eigenvalue weighted by Crippen LogP contribution is -2.24. The van der Waals surface area contributed by atoms with Crippen LogP contribution in [-0.2, 0) is 11.2 Å². The minimum absolute atomic E-state index is 0.126. The molecule has 0 aliphatic heterocycles. The number of carbonyl (C=O) groups excluding carboxylic acids is 1. The molecule has 1 aromatic carbocycles. The zero-order valence-corrected chi connectivity index (χ0v) is 11.1. The summed E-state index contributed by atoms with van der Waals surface area (Å²) in [6.07, 6.45) is 4.71. The fourth-order valence-electron chi connectivity index (χ4n) is 1.64. The highest BCUT2D eigenvalue weighted by Crippen LogP contribution is 2.11. The predicted molar refractivity (Wildman–Crippen MR) is 72.3 cm³/mol. The summed E-state index contributed by atoms with van der Waals surface area (Å²) in [6, 6.07) is 7.66. The van der Waals surface area contributed by atoms with Crippen LogP contribution in [0, 0.1) is 0 Å². The number of halogens is 1. The molecule has 0 saturated heterocycles. The van der Waals surface area contributed by atoms with Gasteiger partial charge in [-0.15, -0.1) is 0 Å². The molecule has 0 bridgehead atoms. The second-order valence-electron chi connectivity index (χ2n) is 4.19. The van der Waals surface area contributed by atoms with Gasteiger partial charge in [0.05, 0.1) is 0 Å². The van der Waals surface area contributed by atoms with Gasteiger partial charge >= 0.3 is 0 Å². The van der Waals surface area contributed by atoms with Crippen LogP contribution >= 0.6 is 11.6 Å². The minimum atomic E-state index is 0.126. The van der Waals surface area contributed by atoms with Gasteiger partial charge in [-0.05, 0) is 30.5 Å². The van der Waals surface area contributed by atoms with Crippen LogP contribution in [0.2, 0.25) is 5.02 Å². The molecule has 0 heterocycles. The van der Waals surface area contributed by atoms with E-state index < -0.39 is 0 Å². The van der Waals surface area contributed by atoms with Crippen LogP contribution in [0.3, 0.4) is 0 Å². The largest absolute Gasteiger partial charge is 0.356 e. The number of amides is 1. The molecule has 0 spiro atoms. The van der Waals surface area contributed by atoms with Crippen molar-refractivity contribution in [2.24, 2.45) is 0 Å². The summed E-state index contributed by atoms with van der Waals surface area (Å²) in [5, 5.41) is 3.66. The molecule has 0 radical (unpaired) electrons. The molecular weight excluding hydrogens is 234 g/mol. The van der Waals surface area contributed by atoms with E-state index in [1.54, 1.807) is 0 Å². The molecule has 1 aromatic rings. The number of hydrogen-bond acceptors (Lipinski definition) is 1. The summed E-state index contributed by atoms with van der Waals surface area (Å²) in [5.74, 6) is 0.126. The zero-order chi connectivity index (χ0) is 12.5. The summed E-state index contributed by atoms with van der Waals surface area (Å²) in [6.45, 7) is 2.95. The first-order valence-electron chi connectivity index (χ1n) is 6.23. The molecular formula is C14H20ClNO. The van der Waals surface area contributed by atoms with Crippen LogP contribution in [-0.4, -0.2) is 12.5 Å². The average molecular weight is 254 g/mol. The van der Waals surface area contributed by atoms with Crippen LogP contribution in [0.15, 0.2) is 24.3 Å². The average Bonchev–Trinajstić information content (AvgIpc) is 2.32. The monoisotopic (exact) mass is 253 g/mol. The second kappa shape index (κ2) is 8.13. The van der Waals surface area contributed by atoms with E-state index in [1.165, 1.54) is 12.8 Å². The van der Waals surface area contributed by atoms with Crippen LogP contribution < -0.4 is 5.32 Å². The number of aryl methyl sites for hydroxylation is 1. The van der Waals surface area contributed by atoms with Crippen molar-refractivity contribution in [3.05, 3.63) is 34.9 Å². The predicted octanol–water partition coefficient (Wildman–Crippen LogP) is 3.58. The highest BCUT2D eigenvalue weighted by molar-refractivity contribution is 6.30. The number of benzene rings is 1. The van der Waals surface area contributed by atoms with Crippen LogP contribution in [0.5, 0.6) is 0 Å². The van der Waals surface area contributed by atoms with Gasteiger partial charge in [-0.2, -0.15) is 0 Å². The van der Waals surface area contributed by atoms with E-state index in [0.29, 0.717) is 6.42 Å². The Labute approximate surface area is 108 Å². The highest BCUT2D eigenvalue weighted by Gasteiger charge is 2.01. The summed E-state index contributed by atoms with van der Waals surface area (Å²) >= 11 is 5.88. The van der Waals surface area contributed by atoms with Crippen molar-refractivity contribution in [2.45, 2.75) is 39.0 Å². The third-order valence-electron chi connectivity index (χ3n) is 2.63. The van der Waals surface area contributed by atoms with Gasteiger partial charge in [0, 0.05) is 18.0 Å². The van der Waals surface area contributed by atoms with Crippen molar-refractivity contribution in [3.8, 4) is 0 Å². The molecule has 0 aromatic heterocycles. The fraction of sp³-hybridized carbons (Fsp3) is 0.500. The van der Waals surface area contributed by atoms with Gasteiger partial charge < -0.3 is 5.32 Å². The summed E-state index contributed by atoms with van der Waals surface area (Å²) in [4.78, 5) is 11.5. The molecule has 0 saturated carbocycles. The molecule has 0 fully saturated rings. The fourth-order valence-corrected chi connectivity index (χ4v) is 1.85. The summed E-state index contributed by atoms with van der Waals surface area (Å²) < 4.78 is 0. The summed E-state index contributed by atoms with van der Waals surface area (Å²) in [7, 11) is 0. The standard InChI is InChI=1S/C14H20ClNO/c1-2-3-4-10-16-14(17)9-8-12-6-5-7-13(15)11-12/h5-7,11H,2-4,8-10H2,1H3,(H,16,17). The van der Waals surface area contributed by atoms with E-state index in [1.807, 2.05) is 24.3 Å². The van der Waals surface area contributed by atoms with Gasteiger partial charge in [0.2, 0.25) is 5.91 Å². The third kappa shape index (κ3) is 6.32. The second-order valence-corrected chi connectivity index (χ2v) is 4.62. The lowest BCUT2D eigenvalue weighted by molar-refractivity contribution is -0.121. The molecule has 2 nitrogen and oxygen atoms in total. The van der Waals surface area contributed by atoms with Gasteiger partial charge in [0.15, 0.2) is 0 Å². The Morgan fingerprint density at radius 2 is 2.18 bits per heavy atom. The van der Waals surface area contributed by atoms with Crippen molar-refractivity contribution in [1.29, 1.82) is 0 Å². The van der Waals surface area contributed by atoms with Crippen LogP contribution in [0.1, 0.15) is 38.2 Å². The Bertz CT molecular complexity index is 352. The molecule has 0 unspecified atom stereocenters. The van der Waals surface area contributed by atoms with Crippen molar-refractivity contribution < 1.29 is 4.79 Å². The maximum Gasteiger partial charge on any atom is 0.220 e. The Morgan fingerprint density at radius 1 is 1.35 bits per heavy atom. The number of nitrogens with one attached hydrogen (secondary N) is 1. The number of carbonyl (C=O) groups is 1. The summed E-state index contributed by atoms with van der Waals surface area (Å²) in [5.41, 5.74) is 1.11. The van der Waals surface area contributed by atoms with E-state index in [2.05, 4.69) is 12.2 Å². The Hall–Kier alpha value is -1.02. The van der Waals surface area contributed by atoms with Crippen molar-refractivity contribution in [3.63, 3.8) is 0 Å². The molecule has 1 rings (SSSR count). The van der Waals surface area contributed by atoms with Crippen molar-refractivity contribution >= 4 is 17.5 Å². The Morgan fingerprint density at radius 3 is 2.88 bits per heavy atom. The molecule has 3 heteroatoms. The van der Waals surface area contributed by atoms with Crippen molar-refractivity contribution in [2.75, 3.05) is 6.54 Å². The highest BCUT2D eigenvalue weighted by atomic mass is 35.5. The lowest BCUT2D eigenvalue weighted by atomic mass is 10.1. The SMILES string of the molecule is CCCCCNC(=O)CCc1cccc(Cl)c1. The van der Waals surface area contributed by atoms with Gasteiger partial charge in [-0.25, -0.2) is 0 Å². The first kappa shape index (κ1) is 14.0. The topological polar surface area (TPSA) is 29.1 Å². The Kier molecular flexibility index (Phi) is 6.71.